The van der Waals surface area contributed by atoms with E-state index in [1.807, 2.05) is 51.0 Å². The van der Waals surface area contributed by atoms with E-state index >= 15 is 0 Å². The van der Waals surface area contributed by atoms with Crippen LogP contribution in [0.5, 0.6) is 5.75 Å². The predicted octanol–water partition coefficient (Wildman–Crippen LogP) is 3.57. The van der Waals surface area contributed by atoms with Gasteiger partial charge in [0.05, 0.1) is 12.6 Å². The van der Waals surface area contributed by atoms with Crippen LogP contribution >= 0.6 is 0 Å². The van der Waals surface area contributed by atoms with Crippen LogP contribution in [0.2, 0.25) is 0 Å². The van der Waals surface area contributed by atoms with Crippen molar-refractivity contribution >= 4 is 5.91 Å². The zero-order chi connectivity index (χ0) is 18.4. The molecule has 1 amide bonds. The van der Waals surface area contributed by atoms with Gasteiger partial charge in [0, 0.05) is 12.1 Å². The lowest BCUT2D eigenvalue weighted by molar-refractivity contribution is 0.0942. The minimum atomic E-state index is -0.280. The number of carbonyl (C=O) groups is 1. The highest BCUT2D eigenvalue weighted by molar-refractivity contribution is 5.94. The molecule has 25 heavy (non-hydrogen) atoms. The minimum Gasteiger partial charge on any atom is -0.494 e. The van der Waals surface area contributed by atoms with E-state index in [9.17, 15) is 9.18 Å². The number of halogens is 1. The Bertz CT molecular complexity index is 731. The fourth-order valence-electron chi connectivity index (χ4n) is 2.71. The quantitative estimate of drug-likeness (QED) is 0.835. The number of nitrogens with one attached hydrogen (secondary N) is 1. The van der Waals surface area contributed by atoms with Crippen LogP contribution in [-0.2, 0) is 0 Å². The fraction of sp³-hybridized carbons (Fsp3) is 0.350. The van der Waals surface area contributed by atoms with Crippen molar-refractivity contribution < 1.29 is 13.9 Å². The molecule has 134 valence electrons. The number of aryl methyl sites for hydroxylation is 1. The number of hydrogen-bond donors (Lipinski definition) is 1. The average Bonchev–Trinajstić information content (AvgIpc) is 2.56. The lowest BCUT2D eigenvalue weighted by Crippen LogP contribution is -2.34. The number of likely N-dealkylation sites (N-methyl/N-ethyl adjacent to an activating group) is 1. The molecule has 1 N–H and O–H groups in total. The van der Waals surface area contributed by atoms with Crippen LogP contribution in [0.25, 0.3) is 0 Å². The summed E-state index contributed by atoms with van der Waals surface area (Å²) in [6, 6.07) is 11.7. The first-order chi connectivity index (χ1) is 11.9. The van der Waals surface area contributed by atoms with E-state index in [4.69, 9.17) is 4.74 Å². The number of benzene rings is 2. The summed E-state index contributed by atoms with van der Waals surface area (Å²) in [5.41, 5.74) is 2.33. The van der Waals surface area contributed by atoms with Crippen LogP contribution in [0.4, 0.5) is 4.39 Å². The lowest BCUT2D eigenvalue weighted by Gasteiger charge is -2.25. The number of hydrogen-bond acceptors (Lipinski definition) is 3. The third kappa shape index (κ3) is 5.03. The summed E-state index contributed by atoms with van der Waals surface area (Å²) in [6.07, 6.45) is 0. The molecule has 0 saturated carbocycles. The molecule has 0 aliphatic heterocycles. The number of carbonyl (C=O) groups excluding carboxylic acids is 1. The highest BCUT2D eigenvalue weighted by Gasteiger charge is 2.17. The highest BCUT2D eigenvalue weighted by atomic mass is 19.1. The van der Waals surface area contributed by atoms with Crippen molar-refractivity contribution in [2.24, 2.45) is 0 Å². The lowest BCUT2D eigenvalue weighted by atomic mass is 10.1. The largest absolute Gasteiger partial charge is 0.494 e. The summed E-state index contributed by atoms with van der Waals surface area (Å²) in [4.78, 5) is 14.4. The first-order valence-corrected chi connectivity index (χ1v) is 8.36. The molecule has 1 unspecified atom stereocenters. The molecule has 1 atom stereocenters. The molecule has 0 radical (unpaired) electrons. The van der Waals surface area contributed by atoms with Crippen molar-refractivity contribution in [3.63, 3.8) is 0 Å². The van der Waals surface area contributed by atoms with Crippen molar-refractivity contribution in [3.05, 3.63) is 65.0 Å². The average molecular weight is 344 g/mol. The maximum atomic E-state index is 13.5. The Kier molecular flexibility index (Phi) is 6.53. The monoisotopic (exact) mass is 344 g/mol. The van der Waals surface area contributed by atoms with E-state index in [1.54, 1.807) is 12.1 Å². The highest BCUT2D eigenvalue weighted by Crippen LogP contribution is 2.20. The first kappa shape index (κ1) is 18.9. The molecule has 0 aliphatic rings. The smallest absolute Gasteiger partial charge is 0.251 e. The third-order valence-corrected chi connectivity index (χ3v) is 4.05. The van der Waals surface area contributed by atoms with Gasteiger partial charge in [-0.3, -0.25) is 4.79 Å². The molecule has 5 heteroatoms. The summed E-state index contributed by atoms with van der Waals surface area (Å²) in [5.74, 6) is 0.345. The van der Waals surface area contributed by atoms with E-state index < -0.39 is 0 Å². The Balaban J connectivity index is 2.07. The van der Waals surface area contributed by atoms with Gasteiger partial charge in [-0.25, -0.2) is 4.39 Å². The number of nitrogens with zero attached hydrogens (tertiary/aromatic N) is 1. The van der Waals surface area contributed by atoms with Gasteiger partial charge < -0.3 is 15.0 Å². The first-order valence-electron chi connectivity index (χ1n) is 8.36. The maximum absolute atomic E-state index is 13.5. The van der Waals surface area contributed by atoms with Gasteiger partial charge in [-0.1, -0.05) is 12.1 Å². The molecule has 0 heterocycles. The molecule has 2 aromatic carbocycles. The van der Waals surface area contributed by atoms with Crippen molar-refractivity contribution in [3.8, 4) is 5.75 Å². The number of ether oxygens (including phenoxy) is 1. The number of rotatable bonds is 7. The van der Waals surface area contributed by atoms with Crippen molar-refractivity contribution in [2.45, 2.75) is 19.9 Å². The van der Waals surface area contributed by atoms with Crippen LogP contribution in [0.15, 0.2) is 42.5 Å². The molecule has 0 bridgehead atoms. The number of amides is 1. The Morgan fingerprint density at radius 1 is 1.24 bits per heavy atom. The fourth-order valence-corrected chi connectivity index (χ4v) is 2.71. The standard InChI is InChI=1S/C20H25FN2O2/c1-5-25-19-10-9-16(11-14(19)2)20(24)22-13-18(23(3)4)15-7-6-8-17(21)12-15/h6-12,18H,5,13H2,1-4H3,(H,22,24). The Morgan fingerprint density at radius 3 is 2.60 bits per heavy atom. The van der Waals surface area contributed by atoms with Gasteiger partial charge in [0.25, 0.3) is 5.91 Å². The zero-order valence-corrected chi connectivity index (χ0v) is 15.2. The van der Waals surface area contributed by atoms with Crippen molar-refractivity contribution in [1.82, 2.24) is 10.2 Å². The van der Waals surface area contributed by atoms with Crippen LogP contribution in [-0.4, -0.2) is 38.1 Å². The Hall–Kier alpha value is -2.40. The normalized spacial score (nSPS) is 12.1. The van der Waals surface area contributed by atoms with E-state index in [0.717, 1.165) is 16.9 Å². The van der Waals surface area contributed by atoms with Crippen molar-refractivity contribution in [1.29, 1.82) is 0 Å². The zero-order valence-electron chi connectivity index (χ0n) is 15.2. The van der Waals surface area contributed by atoms with Crippen LogP contribution in [0, 0.1) is 12.7 Å². The van der Waals surface area contributed by atoms with Gasteiger partial charge in [-0.2, -0.15) is 0 Å². The molecule has 4 nitrogen and oxygen atoms in total. The van der Waals surface area contributed by atoms with Crippen LogP contribution < -0.4 is 10.1 Å². The molecular formula is C20H25FN2O2. The molecular weight excluding hydrogens is 319 g/mol. The Morgan fingerprint density at radius 2 is 2.00 bits per heavy atom. The van der Waals surface area contributed by atoms with Gasteiger partial charge in [0.2, 0.25) is 0 Å². The topological polar surface area (TPSA) is 41.6 Å². The molecule has 0 aromatic heterocycles. The van der Waals surface area contributed by atoms with Gasteiger partial charge in [0.1, 0.15) is 11.6 Å². The summed E-state index contributed by atoms with van der Waals surface area (Å²) in [6.45, 7) is 4.82. The molecule has 0 fully saturated rings. The minimum absolute atomic E-state index is 0.108. The predicted molar refractivity (Wildman–Crippen MR) is 97.5 cm³/mol. The van der Waals surface area contributed by atoms with E-state index in [-0.39, 0.29) is 17.8 Å². The molecule has 2 aromatic rings. The van der Waals surface area contributed by atoms with E-state index in [1.165, 1.54) is 12.1 Å². The second-order valence-electron chi connectivity index (χ2n) is 6.16. The summed E-state index contributed by atoms with van der Waals surface area (Å²) < 4.78 is 19.0. The Labute approximate surface area is 148 Å². The molecule has 0 aliphatic carbocycles. The molecule has 0 spiro atoms. The van der Waals surface area contributed by atoms with E-state index in [0.29, 0.717) is 18.7 Å². The summed E-state index contributed by atoms with van der Waals surface area (Å²) >= 11 is 0. The SMILES string of the molecule is CCOc1ccc(C(=O)NCC(c2cccc(F)c2)N(C)C)cc1C. The van der Waals surface area contributed by atoms with Gasteiger partial charge in [-0.15, -0.1) is 0 Å². The van der Waals surface area contributed by atoms with E-state index in [2.05, 4.69) is 5.32 Å². The third-order valence-electron chi connectivity index (χ3n) is 4.05. The maximum Gasteiger partial charge on any atom is 0.251 e. The van der Waals surface area contributed by atoms with Gasteiger partial charge in [-0.05, 0) is 69.4 Å². The molecule has 2 rings (SSSR count). The van der Waals surface area contributed by atoms with Gasteiger partial charge in [0.15, 0.2) is 0 Å². The van der Waals surface area contributed by atoms with Crippen molar-refractivity contribution in [2.75, 3.05) is 27.2 Å². The van der Waals surface area contributed by atoms with Crippen LogP contribution in [0.3, 0.4) is 0 Å². The second kappa shape index (κ2) is 8.62. The summed E-state index contributed by atoms with van der Waals surface area (Å²) in [7, 11) is 3.81. The second-order valence-corrected chi connectivity index (χ2v) is 6.16. The van der Waals surface area contributed by atoms with Gasteiger partial charge >= 0.3 is 0 Å². The summed E-state index contributed by atoms with van der Waals surface area (Å²) in [5, 5.41) is 2.93. The molecule has 0 saturated heterocycles. The van der Waals surface area contributed by atoms with Crippen LogP contribution in [0.1, 0.15) is 34.5 Å².